The lowest BCUT2D eigenvalue weighted by Gasteiger charge is -2.11. The van der Waals surface area contributed by atoms with Crippen LogP contribution in [0.15, 0.2) is 93.2 Å². The van der Waals surface area contributed by atoms with Gasteiger partial charge in [-0.2, -0.15) is 9.78 Å². The number of ether oxygens (including phenoxy) is 1. The van der Waals surface area contributed by atoms with E-state index in [1.165, 1.54) is 17.9 Å². The average molecular weight is 534 g/mol. The van der Waals surface area contributed by atoms with Crippen molar-refractivity contribution in [3.05, 3.63) is 116 Å². The molecule has 3 aromatic carbocycles. The quantitative estimate of drug-likeness (QED) is 0.147. The molecule has 40 heavy (non-hydrogen) atoms. The van der Waals surface area contributed by atoms with Gasteiger partial charge in [0.05, 0.1) is 35.2 Å². The molecule has 10 nitrogen and oxygen atoms in total. The number of para-hydroxylation sites is 2. The van der Waals surface area contributed by atoms with Crippen LogP contribution in [-0.2, 0) is 0 Å². The van der Waals surface area contributed by atoms with Gasteiger partial charge in [-0.25, -0.2) is 4.98 Å². The summed E-state index contributed by atoms with van der Waals surface area (Å²) in [4.78, 5) is 29.7. The van der Waals surface area contributed by atoms with E-state index in [4.69, 9.17) is 14.1 Å². The third-order valence-electron chi connectivity index (χ3n) is 6.80. The van der Waals surface area contributed by atoms with Gasteiger partial charge in [0, 0.05) is 22.3 Å². The van der Waals surface area contributed by atoms with Crippen LogP contribution in [0.1, 0.15) is 17.0 Å². The highest BCUT2D eigenvalue weighted by molar-refractivity contribution is 5.85. The Labute approximate surface area is 227 Å². The number of hydrogen-bond acceptors (Lipinski definition) is 7. The molecule has 0 aliphatic heterocycles. The van der Waals surface area contributed by atoms with Crippen LogP contribution in [0, 0.1) is 24.0 Å². The van der Waals surface area contributed by atoms with Crippen molar-refractivity contribution in [2.45, 2.75) is 13.8 Å². The van der Waals surface area contributed by atoms with E-state index in [-0.39, 0.29) is 17.1 Å². The summed E-state index contributed by atoms with van der Waals surface area (Å²) in [5, 5.41) is 17.7. The number of methoxy groups -OCH3 is 1. The largest absolute Gasteiger partial charge is 0.496 e. The third kappa shape index (κ3) is 4.11. The number of fused-ring (bicyclic) bond motifs is 2. The summed E-state index contributed by atoms with van der Waals surface area (Å²) in [6.07, 6.45) is 1.55. The topological polar surface area (TPSA) is 118 Å². The van der Waals surface area contributed by atoms with Crippen molar-refractivity contribution in [2.75, 3.05) is 7.11 Å². The Balaban J connectivity index is 1.50. The summed E-state index contributed by atoms with van der Waals surface area (Å²) in [5.74, 6) is 1.05. The van der Waals surface area contributed by atoms with Gasteiger partial charge in [-0.1, -0.05) is 30.3 Å². The summed E-state index contributed by atoms with van der Waals surface area (Å²) in [6, 6.07) is 23.0. The molecule has 0 spiro atoms. The molecule has 0 aliphatic carbocycles. The summed E-state index contributed by atoms with van der Waals surface area (Å²) in [6.45, 7) is 3.69. The maximum atomic E-state index is 13.6. The number of hydrogen-bond donors (Lipinski definition) is 0. The lowest BCUT2D eigenvalue weighted by Crippen LogP contribution is -2.20. The zero-order chi connectivity index (χ0) is 28.0. The van der Waals surface area contributed by atoms with Crippen molar-refractivity contribution < 1.29 is 14.1 Å². The van der Waals surface area contributed by atoms with E-state index in [9.17, 15) is 14.9 Å². The minimum atomic E-state index is -0.440. The molecule has 0 saturated heterocycles. The highest BCUT2D eigenvalue weighted by Crippen LogP contribution is 2.31. The number of benzene rings is 3. The fourth-order valence-electron chi connectivity index (χ4n) is 4.86. The normalized spacial score (nSPS) is 11.6. The molecule has 0 atom stereocenters. The van der Waals surface area contributed by atoms with Crippen LogP contribution < -0.4 is 10.3 Å². The van der Waals surface area contributed by atoms with Crippen molar-refractivity contribution in [2.24, 2.45) is 5.10 Å². The number of nitrogens with zero attached hydrogens (tertiary/aromatic N) is 5. The van der Waals surface area contributed by atoms with Gasteiger partial charge >= 0.3 is 0 Å². The Kier molecular flexibility index (Phi) is 5.99. The molecular weight excluding hydrogens is 510 g/mol. The first-order chi connectivity index (χ1) is 19.4. The molecule has 0 saturated carbocycles. The number of aromatic nitrogens is 3. The first-order valence-corrected chi connectivity index (χ1v) is 12.4. The third-order valence-corrected chi connectivity index (χ3v) is 6.80. The molecule has 0 N–H and O–H groups in total. The van der Waals surface area contributed by atoms with E-state index < -0.39 is 4.92 Å². The zero-order valence-corrected chi connectivity index (χ0v) is 21.9. The first-order valence-electron chi connectivity index (χ1n) is 12.4. The van der Waals surface area contributed by atoms with Gasteiger partial charge in [0.25, 0.3) is 11.2 Å². The monoisotopic (exact) mass is 533 g/mol. The Morgan fingerprint density at radius 1 is 1.02 bits per heavy atom. The van der Waals surface area contributed by atoms with Crippen molar-refractivity contribution in [3.63, 3.8) is 0 Å². The van der Waals surface area contributed by atoms with Gasteiger partial charge < -0.3 is 13.7 Å². The van der Waals surface area contributed by atoms with Crippen LogP contribution in [0.3, 0.4) is 0 Å². The number of nitro groups is 1. The van der Waals surface area contributed by atoms with Crippen LogP contribution in [0.2, 0.25) is 0 Å². The highest BCUT2D eigenvalue weighted by atomic mass is 16.6. The van der Waals surface area contributed by atoms with E-state index >= 15 is 0 Å². The average Bonchev–Trinajstić information content (AvgIpc) is 3.52. The molecule has 0 radical (unpaired) electrons. The SMILES string of the molecule is COc1ccc(-n2c(C)cc(C=Nn3c(-c4cc5ccccc5o4)nc4ccccc4c3=O)c2C)c([N+](=O)[O-])c1. The highest BCUT2D eigenvalue weighted by Gasteiger charge is 2.21. The van der Waals surface area contributed by atoms with Crippen molar-refractivity contribution in [1.29, 1.82) is 0 Å². The van der Waals surface area contributed by atoms with E-state index in [1.54, 1.807) is 41.1 Å². The van der Waals surface area contributed by atoms with Crippen LogP contribution in [0.5, 0.6) is 5.75 Å². The predicted octanol–water partition coefficient (Wildman–Crippen LogP) is 6.02. The minimum absolute atomic E-state index is 0.0910. The Hall–Kier alpha value is -5.51. The molecule has 0 fully saturated rings. The van der Waals surface area contributed by atoms with Gasteiger partial charge in [0.1, 0.15) is 17.0 Å². The van der Waals surface area contributed by atoms with Crippen LogP contribution in [-0.4, -0.2) is 32.5 Å². The predicted molar refractivity (Wildman–Crippen MR) is 153 cm³/mol. The van der Waals surface area contributed by atoms with E-state index in [0.717, 1.165) is 11.1 Å². The van der Waals surface area contributed by atoms with E-state index in [1.807, 2.05) is 56.3 Å². The van der Waals surface area contributed by atoms with Gasteiger partial charge in [-0.3, -0.25) is 14.9 Å². The van der Waals surface area contributed by atoms with Crippen molar-refractivity contribution in [1.82, 2.24) is 14.2 Å². The second-order valence-corrected chi connectivity index (χ2v) is 9.24. The summed E-state index contributed by atoms with van der Waals surface area (Å²) >= 11 is 0. The van der Waals surface area contributed by atoms with Crippen LogP contribution >= 0.6 is 0 Å². The number of nitro benzene ring substituents is 1. The van der Waals surface area contributed by atoms with E-state index in [2.05, 4.69) is 5.10 Å². The molecule has 0 amide bonds. The van der Waals surface area contributed by atoms with Crippen molar-refractivity contribution >= 4 is 33.8 Å². The molecule has 0 unspecified atom stereocenters. The second-order valence-electron chi connectivity index (χ2n) is 9.24. The zero-order valence-electron chi connectivity index (χ0n) is 21.9. The lowest BCUT2D eigenvalue weighted by atomic mass is 10.2. The number of rotatable bonds is 6. The molecule has 6 aromatic rings. The van der Waals surface area contributed by atoms with Gasteiger partial charge in [0.2, 0.25) is 5.82 Å². The number of aryl methyl sites for hydroxylation is 1. The summed E-state index contributed by atoms with van der Waals surface area (Å²) in [7, 11) is 1.46. The van der Waals surface area contributed by atoms with Gasteiger partial charge in [0.15, 0.2) is 5.76 Å². The Morgan fingerprint density at radius 2 is 1.80 bits per heavy atom. The molecule has 198 valence electrons. The lowest BCUT2D eigenvalue weighted by molar-refractivity contribution is -0.384. The molecule has 3 aromatic heterocycles. The Bertz CT molecular complexity index is 2000. The van der Waals surface area contributed by atoms with E-state index in [0.29, 0.717) is 44.9 Å². The van der Waals surface area contributed by atoms with Gasteiger partial charge in [-0.15, -0.1) is 0 Å². The second kappa shape index (κ2) is 9.66. The summed E-state index contributed by atoms with van der Waals surface area (Å²) in [5.41, 5.74) is 3.30. The van der Waals surface area contributed by atoms with Crippen LogP contribution in [0.4, 0.5) is 5.69 Å². The first kappa shape index (κ1) is 24.8. The standard InChI is InChI=1S/C30H23N5O5/c1-18-14-21(19(2)33(18)25-13-12-22(39-3)16-26(25)35(37)38)17-31-34-29(28-15-20-8-4-7-11-27(20)40-28)32-24-10-6-5-9-23(24)30(34)36/h4-17H,1-3H3. The maximum absolute atomic E-state index is 13.6. The molecular formula is C30H23N5O5. The molecule has 0 aliphatic rings. The molecule has 10 heteroatoms. The van der Waals surface area contributed by atoms with Gasteiger partial charge in [-0.05, 0) is 56.3 Å². The number of furan rings is 1. The Morgan fingerprint density at radius 3 is 2.58 bits per heavy atom. The maximum Gasteiger partial charge on any atom is 0.296 e. The minimum Gasteiger partial charge on any atom is -0.496 e. The summed E-state index contributed by atoms with van der Waals surface area (Å²) < 4.78 is 14.2. The van der Waals surface area contributed by atoms with Crippen molar-refractivity contribution in [3.8, 4) is 23.0 Å². The molecule has 6 rings (SSSR count). The smallest absolute Gasteiger partial charge is 0.296 e. The molecule has 3 heterocycles. The fraction of sp³-hybridized carbons (Fsp3) is 0.100. The fourth-order valence-corrected chi connectivity index (χ4v) is 4.86. The van der Waals surface area contributed by atoms with Crippen LogP contribution in [0.25, 0.3) is 39.1 Å². The molecule has 0 bridgehead atoms.